The maximum atomic E-state index is 9.55. The predicted octanol–water partition coefficient (Wildman–Crippen LogP) is 0.359. The third-order valence-corrected chi connectivity index (χ3v) is 0.687. The molecule has 0 saturated heterocycles. The lowest BCUT2D eigenvalue weighted by Crippen LogP contribution is -1.91. The van der Waals surface area contributed by atoms with E-state index in [1.54, 1.807) is 0 Å². The molecule has 0 fully saturated rings. The molecule has 0 aliphatic rings. The maximum absolute atomic E-state index is 9.55. The van der Waals surface area contributed by atoms with Crippen LogP contribution in [0.4, 0.5) is 0 Å². The molecule has 78 valence electrons. The second-order valence-corrected chi connectivity index (χ2v) is 1.90. The van der Waals surface area contributed by atoms with Gasteiger partial charge in [0.05, 0.1) is 6.42 Å². The van der Waals surface area contributed by atoms with Crippen LogP contribution in [0.15, 0.2) is 24.8 Å². The molecule has 0 amide bonds. The van der Waals surface area contributed by atoms with Gasteiger partial charge in [0.25, 0.3) is 0 Å². The Morgan fingerprint density at radius 3 is 1.43 bits per heavy atom. The molecule has 0 aromatic rings. The lowest BCUT2D eigenvalue weighted by molar-refractivity contribution is -0.136. The van der Waals surface area contributed by atoms with E-state index in [0.717, 1.165) is 0 Å². The van der Waals surface area contributed by atoms with Gasteiger partial charge in [0.1, 0.15) is 0 Å². The standard InChI is InChI=1S/C4H4O4.C4H6O2/c5-3(6)1-2-4(7)8;1-2-3-4(5)6/h1-2H,(H,5,6)(H,7,8);2H,1,3H2,(H,5,6). The molecule has 6 heteroatoms. The second-order valence-electron chi connectivity index (χ2n) is 1.90. The molecule has 0 unspecified atom stereocenters. The molecule has 0 saturated carbocycles. The average Bonchev–Trinajstić information content (AvgIpc) is 2.01. The van der Waals surface area contributed by atoms with Crippen LogP contribution in [0.1, 0.15) is 6.42 Å². The molecule has 0 rings (SSSR count). The van der Waals surface area contributed by atoms with Crippen molar-refractivity contribution in [1.29, 1.82) is 0 Å². The van der Waals surface area contributed by atoms with Crippen molar-refractivity contribution >= 4 is 17.9 Å². The van der Waals surface area contributed by atoms with E-state index in [-0.39, 0.29) is 6.42 Å². The second kappa shape index (κ2) is 8.98. The molecule has 6 nitrogen and oxygen atoms in total. The molecule has 0 aliphatic heterocycles. The number of hydrogen-bond acceptors (Lipinski definition) is 3. The van der Waals surface area contributed by atoms with Crippen molar-refractivity contribution in [1.82, 2.24) is 0 Å². The molecule has 14 heavy (non-hydrogen) atoms. The van der Waals surface area contributed by atoms with Gasteiger partial charge in [0.2, 0.25) is 0 Å². The van der Waals surface area contributed by atoms with Gasteiger partial charge in [-0.05, 0) is 0 Å². The molecule has 0 aromatic carbocycles. The molecular formula is C8H10O6. The summed E-state index contributed by atoms with van der Waals surface area (Å²) >= 11 is 0. The normalized spacial score (nSPS) is 8.57. The van der Waals surface area contributed by atoms with Gasteiger partial charge in [-0.1, -0.05) is 6.08 Å². The van der Waals surface area contributed by atoms with Crippen molar-refractivity contribution in [2.45, 2.75) is 6.42 Å². The summed E-state index contributed by atoms with van der Waals surface area (Å²) in [7, 11) is 0. The molecule has 0 bridgehead atoms. The summed E-state index contributed by atoms with van der Waals surface area (Å²) < 4.78 is 0. The largest absolute Gasteiger partial charge is 0.481 e. The molecule has 3 N–H and O–H groups in total. The van der Waals surface area contributed by atoms with Crippen molar-refractivity contribution in [2.75, 3.05) is 0 Å². The summed E-state index contributed by atoms with van der Waals surface area (Å²) in [4.78, 5) is 28.6. The summed E-state index contributed by atoms with van der Waals surface area (Å²) in [5.41, 5.74) is 0. The Hall–Kier alpha value is -2.11. The van der Waals surface area contributed by atoms with Gasteiger partial charge in [-0.15, -0.1) is 6.58 Å². The fraction of sp³-hybridized carbons (Fsp3) is 0.125. The lowest BCUT2D eigenvalue weighted by Gasteiger charge is -1.75. The summed E-state index contributed by atoms with van der Waals surface area (Å²) in [5, 5.41) is 23.5. The Morgan fingerprint density at radius 1 is 1.00 bits per heavy atom. The third-order valence-electron chi connectivity index (χ3n) is 0.687. The van der Waals surface area contributed by atoms with Crippen molar-refractivity contribution in [3.63, 3.8) is 0 Å². The van der Waals surface area contributed by atoms with Gasteiger partial charge >= 0.3 is 17.9 Å². The minimum Gasteiger partial charge on any atom is -0.481 e. The summed E-state index contributed by atoms with van der Waals surface area (Å²) in [5.74, 6) is -3.34. The number of carboxylic acids is 3. The van der Waals surface area contributed by atoms with Gasteiger partial charge in [-0.2, -0.15) is 0 Å². The maximum Gasteiger partial charge on any atom is 0.328 e. The van der Waals surface area contributed by atoms with Crippen LogP contribution < -0.4 is 0 Å². The zero-order valence-electron chi connectivity index (χ0n) is 7.21. The van der Waals surface area contributed by atoms with Crippen LogP contribution in [0.5, 0.6) is 0 Å². The Bertz CT molecular complexity index is 237. The first-order valence-corrected chi connectivity index (χ1v) is 3.36. The Morgan fingerprint density at radius 2 is 1.36 bits per heavy atom. The monoisotopic (exact) mass is 202 g/mol. The van der Waals surface area contributed by atoms with Crippen molar-refractivity contribution < 1.29 is 29.7 Å². The van der Waals surface area contributed by atoms with E-state index in [1.165, 1.54) is 6.08 Å². The van der Waals surface area contributed by atoms with Gasteiger partial charge in [-0.25, -0.2) is 9.59 Å². The quantitative estimate of drug-likeness (QED) is 0.448. The zero-order valence-corrected chi connectivity index (χ0v) is 7.21. The first kappa shape index (κ1) is 14.4. The van der Waals surface area contributed by atoms with Crippen molar-refractivity contribution in [3.05, 3.63) is 24.8 Å². The van der Waals surface area contributed by atoms with Crippen molar-refractivity contribution in [3.8, 4) is 0 Å². The van der Waals surface area contributed by atoms with Crippen LogP contribution in [0.2, 0.25) is 0 Å². The van der Waals surface area contributed by atoms with E-state index >= 15 is 0 Å². The van der Waals surface area contributed by atoms with Gasteiger partial charge in [0.15, 0.2) is 0 Å². The minimum absolute atomic E-state index is 0.0556. The molecule has 0 radical (unpaired) electrons. The molecular weight excluding hydrogens is 192 g/mol. The first-order valence-electron chi connectivity index (χ1n) is 3.36. The number of carbonyl (C=O) groups is 3. The Labute approximate surface area is 79.8 Å². The fourth-order valence-electron chi connectivity index (χ4n) is 0.266. The molecule has 0 heterocycles. The summed E-state index contributed by atoms with van der Waals surface area (Å²) in [6.07, 6.45) is 2.52. The van der Waals surface area contributed by atoms with E-state index in [4.69, 9.17) is 15.3 Å². The molecule has 0 spiro atoms. The van der Waals surface area contributed by atoms with E-state index in [9.17, 15) is 14.4 Å². The minimum atomic E-state index is -1.26. The lowest BCUT2D eigenvalue weighted by atomic mass is 10.4. The van der Waals surface area contributed by atoms with Crippen LogP contribution in [0, 0.1) is 0 Å². The summed E-state index contributed by atoms with van der Waals surface area (Å²) in [6, 6.07) is 0. The van der Waals surface area contributed by atoms with Crippen LogP contribution >= 0.6 is 0 Å². The van der Waals surface area contributed by atoms with Crippen LogP contribution in [0.25, 0.3) is 0 Å². The number of carboxylic acid groups (broad SMARTS) is 3. The highest BCUT2D eigenvalue weighted by Crippen LogP contribution is 1.74. The number of rotatable bonds is 4. The van der Waals surface area contributed by atoms with E-state index in [2.05, 4.69) is 6.58 Å². The molecule has 0 aliphatic carbocycles. The van der Waals surface area contributed by atoms with E-state index in [0.29, 0.717) is 12.2 Å². The summed E-state index contributed by atoms with van der Waals surface area (Å²) in [6.45, 7) is 3.22. The number of aliphatic carboxylic acids is 3. The van der Waals surface area contributed by atoms with E-state index < -0.39 is 17.9 Å². The highest BCUT2D eigenvalue weighted by molar-refractivity contribution is 5.89. The average molecular weight is 202 g/mol. The molecule has 0 atom stereocenters. The van der Waals surface area contributed by atoms with Gasteiger partial charge in [0, 0.05) is 12.2 Å². The highest BCUT2D eigenvalue weighted by Gasteiger charge is 1.88. The zero-order chi connectivity index (χ0) is 11.6. The Kier molecular flexibility index (Phi) is 9.25. The van der Waals surface area contributed by atoms with Crippen molar-refractivity contribution in [2.24, 2.45) is 0 Å². The van der Waals surface area contributed by atoms with Gasteiger partial charge in [-0.3, -0.25) is 4.79 Å². The molecule has 0 aromatic heterocycles. The van der Waals surface area contributed by atoms with Gasteiger partial charge < -0.3 is 15.3 Å². The number of hydrogen-bond donors (Lipinski definition) is 3. The SMILES string of the molecule is C=CCC(=O)O.O=C(O)C=CC(=O)O. The predicted molar refractivity (Wildman–Crippen MR) is 46.9 cm³/mol. The van der Waals surface area contributed by atoms with E-state index in [1.807, 2.05) is 0 Å². The Balaban J connectivity index is 0. The highest BCUT2D eigenvalue weighted by atomic mass is 16.4. The third kappa shape index (κ3) is 22.5. The van der Waals surface area contributed by atoms with Crippen LogP contribution in [-0.2, 0) is 14.4 Å². The van der Waals surface area contributed by atoms with Crippen LogP contribution in [0.3, 0.4) is 0 Å². The topological polar surface area (TPSA) is 112 Å². The smallest absolute Gasteiger partial charge is 0.328 e. The fourth-order valence-corrected chi connectivity index (χ4v) is 0.266. The van der Waals surface area contributed by atoms with Crippen LogP contribution in [-0.4, -0.2) is 33.2 Å². The first-order chi connectivity index (χ1) is 6.40.